The molecule has 3 rings (SSSR count). The number of nitrogens with zero attached hydrogens (tertiary/aromatic N) is 2. The molecule has 0 radical (unpaired) electrons. The summed E-state index contributed by atoms with van der Waals surface area (Å²) in [5.41, 5.74) is 1.23. The van der Waals surface area contributed by atoms with Crippen LogP contribution in [0.3, 0.4) is 0 Å². The summed E-state index contributed by atoms with van der Waals surface area (Å²) < 4.78 is 9.63. The van der Waals surface area contributed by atoms with E-state index in [1.807, 2.05) is 6.92 Å². The van der Waals surface area contributed by atoms with Crippen molar-refractivity contribution in [3.8, 4) is 5.88 Å². The van der Waals surface area contributed by atoms with Gasteiger partial charge in [-0.3, -0.25) is 5.32 Å². The number of ether oxygens (including phenoxy) is 1. The van der Waals surface area contributed by atoms with Crippen molar-refractivity contribution in [3.63, 3.8) is 0 Å². The molecule has 0 aliphatic carbocycles. The first-order valence-corrected chi connectivity index (χ1v) is 12.0. The first-order chi connectivity index (χ1) is 15.3. The number of hydrogen-bond acceptors (Lipinski definition) is 6. The van der Waals surface area contributed by atoms with Crippen molar-refractivity contribution in [1.82, 2.24) is 14.6 Å². The Morgan fingerprint density at radius 3 is 2.69 bits per heavy atom. The number of carboxylic acid groups (broad SMARTS) is 1. The molecule has 2 heterocycles. The lowest BCUT2D eigenvalue weighted by molar-refractivity contribution is 0.0693. The predicted molar refractivity (Wildman–Crippen MR) is 127 cm³/mol. The smallest absolute Gasteiger partial charge is 0.344 e. The lowest BCUT2D eigenvalue weighted by Crippen LogP contribution is -2.30. The van der Waals surface area contributed by atoms with Gasteiger partial charge in [0.25, 0.3) is 0 Å². The molecule has 0 spiro atoms. The van der Waals surface area contributed by atoms with Crippen molar-refractivity contribution in [2.75, 3.05) is 31.5 Å². The fourth-order valence-corrected chi connectivity index (χ4v) is 4.59. The van der Waals surface area contributed by atoms with Gasteiger partial charge in [-0.2, -0.15) is 4.37 Å². The number of nitrogens with one attached hydrogen (secondary N) is 2. The topological polar surface area (TPSA) is 104 Å². The predicted octanol–water partition coefficient (Wildman–Crippen LogP) is 5.03. The molecule has 1 aromatic heterocycles. The number of unbranched alkanes of at least 4 members (excludes halogenated alkanes) is 1. The molecule has 2 amide bonds. The van der Waals surface area contributed by atoms with E-state index in [2.05, 4.69) is 19.9 Å². The van der Waals surface area contributed by atoms with Crippen LogP contribution in [0, 0.1) is 6.92 Å². The van der Waals surface area contributed by atoms with Crippen LogP contribution < -0.4 is 15.4 Å². The zero-order valence-corrected chi connectivity index (χ0v) is 20.1. The lowest BCUT2D eigenvalue weighted by atomic mass is 10.1. The lowest BCUT2D eigenvalue weighted by Gasteiger charge is -2.14. The van der Waals surface area contributed by atoms with Gasteiger partial charge in [-0.1, -0.05) is 23.2 Å². The summed E-state index contributed by atoms with van der Waals surface area (Å²) in [6.07, 6.45) is 4.38. The number of aromatic nitrogens is 1. The van der Waals surface area contributed by atoms with Gasteiger partial charge in [0.2, 0.25) is 5.88 Å². The van der Waals surface area contributed by atoms with E-state index in [9.17, 15) is 14.7 Å². The van der Waals surface area contributed by atoms with Crippen molar-refractivity contribution in [1.29, 1.82) is 0 Å². The average Bonchev–Trinajstić information content (AvgIpc) is 3.39. The van der Waals surface area contributed by atoms with Crippen LogP contribution in [0.15, 0.2) is 12.1 Å². The summed E-state index contributed by atoms with van der Waals surface area (Å²) in [5, 5.41) is 16.0. The first kappa shape index (κ1) is 24.6. The number of rotatable bonds is 10. The zero-order valence-electron chi connectivity index (χ0n) is 17.7. The molecular weight excluding hydrogens is 475 g/mol. The highest BCUT2D eigenvalue weighted by atomic mass is 35.5. The summed E-state index contributed by atoms with van der Waals surface area (Å²) in [4.78, 5) is 26.4. The Morgan fingerprint density at radius 1 is 1.22 bits per heavy atom. The number of halogens is 2. The number of hydrogen-bond donors (Lipinski definition) is 3. The van der Waals surface area contributed by atoms with Crippen molar-refractivity contribution in [3.05, 3.63) is 38.9 Å². The zero-order chi connectivity index (χ0) is 23.1. The molecule has 1 aromatic carbocycles. The van der Waals surface area contributed by atoms with Gasteiger partial charge in [0, 0.05) is 22.2 Å². The molecular formula is C21H26Cl2N4O4S. The third-order valence-electron chi connectivity index (χ3n) is 5.18. The average molecular weight is 501 g/mol. The van der Waals surface area contributed by atoms with E-state index >= 15 is 0 Å². The minimum absolute atomic E-state index is 0.00843. The molecule has 1 saturated heterocycles. The molecule has 0 atom stereocenters. The van der Waals surface area contributed by atoms with Crippen molar-refractivity contribution in [2.24, 2.45) is 0 Å². The minimum Gasteiger partial charge on any atom is -0.477 e. The summed E-state index contributed by atoms with van der Waals surface area (Å²) in [7, 11) is 0. The molecule has 11 heteroatoms. The van der Waals surface area contributed by atoms with Crippen molar-refractivity contribution >= 4 is 51.7 Å². The monoisotopic (exact) mass is 500 g/mol. The van der Waals surface area contributed by atoms with Crippen LogP contribution in [0.5, 0.6) is 5.88 Å². The van der Waals surface area contributed by atoms with Crippen LogP contribution >= 0.6 is 34.7 Å². The summed E-state index contributed by atoms with van der Waals surface area (Å²) in [6.45, 7) is 5.69. The quantitative estimate of drug-likeness (QED) is 0.395. The van der Waals surface area contributed by atoms with Gasteiger partial charge in [-0.25, -0.2) is 9.59 Å². The van der Waals surface area contributed by atoms with Crippen LogP contribution in [-0.2, 0) is 6.61 Å². The summed E-state index contributed by atoms with van der Waals surface area (Å²) >= 11 is 13.2. The molecule has 3 N–H and O–H groups in total. The molecule has 1 aliphatic rings. The molecule has 32 heavy (non-hydrogen) atoms. The second-order valence-corrected chi connectivity index (χ2v) is 9.20. The van der Waals surface area contributed by atoms with Gasteiger partial charge in [0.05, 0.1) is 0 Å². The fraction of sp³-hybridized carbons (Fsp3) is 0.476. The van der Waals surface area contributed by atoms with Gasteiger partial charge in [-0.15, -0.1) is 0 Å². The molecule has 1 fully saturated rings. The minimum atomic E-state index is -1.25. The Morgan fingerprint density at radius 2 is 1.97 bits per heavy atom. The Kier molecular flexibility index (Phi) is 8.98. The normalized spacial score (nSPS) is 13.8. The Hall–Kier alpha value is -2.07. The largest absolute Gasteiger partial charge is 0.477 e. The fourth-order valence-electron chi connectivity index (χ4n) is 3.41. The van der Waals surface area contributed by atoms with Crippen molar-refractivity contribution in [2.45, 2.75) is 39.2 Å². The second-order valence-electron chi connectivity index (χ2n) is 7.62. The van der Waals surface area contributed by atoms with Crippen LogP contribution in [0.2, 0.25) is 10.0 Å². The van der Waals surface area contributed by atoms with Gasteiger partial charge in [0.1, 0.15) is 11.6 Å². The first-order valence-electron chi connectivity index (χ1n) is 10.4. The number of carbonyl (C=O) groups excluding carboxylic acids is 1. The molecule has 8 nitrogen and oxygen atoms in total. The number of amides is 2. The maximum absolute atomic E-state index is 12.2. The van der Waals surface area contributed by atoms with E-state index in [1.165, 1.54) is 12.8 Å². The molecule has 0 saturated carbocycles. The van der Waals surface area contributed by atoms with E-state index in [4.69, 9.17) is 27.9 Å². The van der Waals surface area contributed by atoms with Gasteiger partial charge >= 0.3 is 12.0 Å². The van der Waals surface area contributed by atoms with E-state index in [-0.39, 0.29) is 23.1 Å². The third kappa shape index (κ3) is 6.71. The van der Waals surface area contributed by atoms with Gasteiger partial charge < -0.3 is 20.1 Å². The highest BCUT2D eigenvalue weighted by Crippen LogP contribution is 2.32. The maximum atomic E-state index is 12.2. The van der Waals surface area contributed by atoms with Crippen LogP contribution in [0.1, 0.15) is 47.2 Å². The van der Waals surface area contributed by atoms with Gasteiger partial charge in [0.15, 0.2) is 5.56 Å². The summed E-state index contributed by atoms with van der Waals surface area (Å²) in [5.74, 6) is -1.33. The highest BCUT2D eigenvalue weighted by molar-refractivity contribution is 7.11. The molecule has 0 bridgehead atoms. The summed E-state index contributed by atoms with van der Waals surface area (Å²) in [6, 6.07) is 2.91. The van der Waals surface area contributed by atoms with E-state index in [0.29, 0.717) is 22.2 Å². The van der Waals surface area contributed by atoms with Crippen molar-refractivity contribution < 1.29 is 19.4 Å². The Labute approximate surface area is 201 Å². The SMILES string of the molecule is Cc1cc(Cl)c(COc2nsc(NC(=O)NCCCCN3CCCC3)c2C(=O)O)cc1Cl. The molecule has 1 aliphatic heterocycles. The highest BCUT2D eigenvalue weighted by Gasteiger charge is 2.23. The van der Waals surface area contributed by atoms with Crippen LogP contribution in [-0.4, -0.2) is 52.6 Å². The number of anilines is 1. The Bertz CT molecular complexity index is 964. The number of carboxylic acids is 1. The van der Waals surface area contributed by atoms with E-state index in [1.54, 1.807) is 12.1 Å². The number of likely N-dealkylation sites (tertiary alicyclic amines) is 1. The number of aryl methyl sites for hydroxylation is 1. The second kappa shape index (κ2) is 11.7. The maximum Gasteiger partial charge on any atom is 0.344 e. The standard InChI is InChI=1S/C21H26Cl2N4O4S/c1-13-10-16(23)14(11-15(13)22)12-31-18-17(20(28)29)19(32-26-18)25-21(30)24-6-2-3-7-27-8-4-5-9-27/h10-11H,2-9,12H2,1H3,(H,28,29)(H2,24,25,30). The van der Waals surface area contributed by atoms with E-state index in [0.717, 1.165) is 49.6 Å². The molecule has 0 unspecified atom stereocenters. The van der Waals surface area contributed by atoms with Crippen LogP contribution in [0.4, 0.5) is 9.80 Å². The molecule has 2 aromatic rings. The Balaban J connectivity index is 1.52. The molecule has 174 valence electrons. The number of carbonyl (C=O) groups is 2. The number of aromatic carboxylic acids is 1. The van der Waals surface area contributed by atoms with E-state index < -0.39 is 12.0 Å². The van der Waals surface area contributed by atoms with Crippen LogP contribution in [0.25, 0.3) is 0 Å². The third-order valence-corrected chi connectivity index (χ3v) is 6.68. The number of urea groups is 1. The number of benzene rings is 1. The van der Waals surface area contributed by atoms with Gasteiger partial charge in [-0.05, 0) is 81.5 Å².